The van der Waals surface area contributed by atoms with Crippen LogP contribution in [0.1, 0.15) is 12.8 Å². The summed E-state index contributed by atoms with van der Waals surface area (Å²) in [5, 5.41) is 6.11. The largest absolute Gasteiger partial charge is 0.356 e. The second kappa shape index (κ2) is 8.30. The van der Waals surface area contributed by atoms with E-state index in [0.29, 0.717) is 0 Å². The van der Waals surface area contributed by atoms with Crippen molar-refractivity contribution in [3.8, 4) is 0 Å². The fraction of sp³-hybridized carbons (Fsp3) is 0.0714. The van der Waals surface area contributed by atoms with Gasteiger partial charge in [-0.25, -0.2) is 0 Å². The Morgan fingerprint density at radius 3 is 1.93 bits per heavy atom. The first kappa shape index (κ1) is 18.3. The molecule has 0 heterocycles. The van der Waals surface area contributed by atoms with Crippen molar-refractivity contribution >= 4 is 34.5 Å². The average molecular weight is 389 g/mol. The minimum atomic E-state index is 1.02. The van der Waals surface area contributed by atoms with E-state index in [1.807, 2.05) is 18.2 Å². The summed E-state index contributed by atoms with van der Waals surface area (Å²) in [7, 11) is 0. The maximum Gasteiger partial charge on any atom is 0.0460 e. The fourth-order valence-corrected chi connectivity index (χ4v) is 4.09. The summed E-state index contributed by atoms with van der Waals surface area (Å²) >= 11 is 0. The van der Waals surface area contributed by atoms with E-state index in [4.69, 9.17) is 0 Å². The molecule has 0 saturated carbocycles. The zero-order valence-electron chi connectivity index (χ0n) is 16.8. The number of nitrogens with one attached hydrogen (secondary N) is 1. The summed E-state index contributed by atoms with van der Waals surface area (Å²) in [6, 6.07) is 38.3. The molecule has 0 saturated heterocycles. The second-order valence-electron chi connectivity index (χ2n) is 7.49. The lowest BCUT2D eigenvalue weighted by molar-refractivity contribution is 1.03. The monoisotopic (exact) mass is 388 g/mol. The van der Waals surface area contributed by atoms with Crippen LogP contribution in [0.5, 0.6) is 0 Å². The van der Waals surface area contributed by atoms with Crippen molar-refractivity contribution < 1.29 is 0 Å². The highest BCUT2D eigenvalue weighted by atomic mass is 15.1. The summed E-state index contributed by atoms with van der Waals surface area (Å²) in [6.07, 6.45) is 4.42. The number of hydrogen-bond donors (Lipinski definition) is 1. The van der Waals surface area contributed by atoms with Crippen molar-refractivity contribution in [2.75, 3.05) is 10.2 Å². The number of benzene rings is 4. The van der Waals surface area contributed by atoms with Gasteiger partial charge in [-0.15, -0.1) is 0 Å². The lowest BCUT2D eigenvalue weighted by Crippen LogP contribution is -2.34. The van der Waals surface area contributed by atoms with Gasteiger partial charge in [0.2, 0.25) is 0 Å². The fourth-order valence-electron chi connectivity index (χ4n) is 4.09. The van der Waals surface area contributed by atoms with Gasteiger partial charge in [-0.1, -0.05) is 66.7 Å². The van der Waals surface area contributed by atoms with Gasteiger partial charge in [0.1, 0.15) is 0 Å². The standard InChI is InChI=1S/C28H24N2/c1-3-12-23(13-4-1)29-24-18-20-26(21-19-24)30(25-14-5-2-6-15-25)28-17-9-11-22-10-7-8-16-27(22)28/h1-8,10-16,18-21,29H,9,17H2. The van der Waals surface area contributed by atoms with Crippen molar-refractivity contribution in [3.63, 3.8) is 0 Å². The second-order valence-corrected chi connectivity index (χ2v) is 7.49. The quantitative estimate of drug-likeness (QED) is 0.454. The van der Waals surface area contributed by atoms with Gasteiger partial charge < -0.3 is 10.2 Å². The molecule has 0 radical (unpaired) electrons. The Morgan fingerprint density at radius 1 is 0.567 bits per heavy atom. The maximum absolute atomic E-state index is 3.47. The van der Waals surface area contributed by atoms with Gasteiger partial charge in [0.05, 0.1) is 0 Å². The number of nitrogens with zero attached hydrogens (tertiary/aromatic N) is 1. The molecule has 0 amide bonds. The van der Waals surface area contributed by atoms with E-state index >= 15 is 0 Å². The number of hydrogen-bond acceptors (Lipinski definition) is 2. The minimum Gasteiger partial charge on any atom is -0.356 e. The molecule has 0 bridgehead atoms. The Labute approximate surface area is 177 Å². The topological polar surface area (TPSA) is 15.3 Å². The Balaban J connectivity index is 1.58. The van der Waals surface area contributed by atoms with Crippen molar-refractivity contribution in [3.05, 3.63) is 120 Å². The molecule has 0 atom stereocenters. The molecule has 1 N–H and O–H groups in total. The van der Waals surface area contributed by atoms with Crippen LogP contribution in [0.3, 0.4) is 0 Å². The van der Waals surface area contributed by atoms with Gasteiger partial charge in [-0.3, -0.25) is 0 Å². The normalized spacial score (nSPS) is 12.6. The third-order valence-electron chi connectivity index (χ3n) is 5.49. The molecule has 2 nitrogen and oxygen atoms in total. The molecule has 0 aromatic heterocycles. The molecule has 0 fully saturated rings. The van der Waals surface area contributed by atoms with Crippen LogP contribution < -0.4 is 20.7 Å². The van der Waals surface area contributed by atoms with Gasteiger partial charge in [0.25, 0.3) is 0 Å². The van der Waals surface area contributed by atoms with E-state index in [0.717, 1.165) is 24.2 Å². The first-order valence-electron chi connectivity index (χ1n) is 10.4. The zero-order chi connectivity index (χ0) is 20.2. The van der Waals surface area contributed by atoms with Crippen molar-refractivity contribution in [2.45, 2.75) is 12.8 Å². The van der Waals surface area contributed by atoms with Crippen LogP contribution in [0.25, 0.3) is 11.8 Å². The third-order valence-corrected chi connectivity index (χ3v) is 5.49. The third kappa shape index (κ3) is 3.72. The molecular weight excluding hydrogens is 364 g/mol. The van der Waals surface area contributed by atoms with Crippen LogP contribution >= 0.6 is 0 Å². The van der Waals surface area contributed by atoms with Gasteiger partial charge in [0, 0.05) is 33.7 Å². The highest BCUT2D eigenvalue weighted by Crippen LogP contribution is 2.33. The molecule has 1 aliphatic carbocycles. The molecule has 4 aromatic rings. The van der Waals surface area contributed by atoms with Gasteiger partial charge >= 0.3 is 0 Å². The van der Waals surface area contributed by atoms with E-state index in [1.54, 1.807) is 0 Å². The first-order valence-corrected chi connectivity index (χ1v) is 10.4. The van der Waals surface area contributed by atoms with Gasteiger partial charge in [-0.2, -0.15) is 0 Å². The number of rotatable bonds is 5. The molecule has 0 spiro atoms. The van der Waals surface area contributed by atoms with Crippen LogP contribution in [0.15, 0.2) is 109 Å². The van der Waals surface area contributed by atoms with Crippen LogP contribution in [-0.4, -0.2) is 0 Å². The van der Waals surface area contributed by atoms with Crippen LogP contribution in [0.4, 0.5) is 22.7 Å². The summed E-state index contributed by atoms with van der Waals surface area (Å²) in [5.74, 6) is 0. The molecule has 4 aromatic carbocycles. The van der Waals surface area contributed by atoms with Crippen molar-refractivity contribution in [1.82, 2.24) is 0 Å². The lowest BCUT2D eigenvalue weighted by Gasteiger charge is -2.29. The van der Waals surface area contributed by atoms with Gasteiger partial charge in [-0.05, 0) is 66.6 Å². The summed E-state index contributed by atoms with van der Waals surface area (Å²) in [6.45, 7) is 0. The molecule has 146 valence electrons. The number of anilines is 4. The molecule has 30 heavy (non-hydrogen) atoms. The van der Waals surface area contributed by atoms with Crippen LogP contribution in [-0.2, 0) is 0 Å². The van der Waals surface area contributed by atoms with E-state index in [9.17, 15) is 0 Å². The van der Waals surface area contributed by atoms with E-state index in [1.165, 1.54) is 27.5 Å². The molecule has 0 aliphatic heterocycles. The predicted octanol–water partition coefficient (Wildman–Crippen LogP) is 5.95. The average Bonchev–Trinajstić information content (AvgIpc) is 2.82. The zero-order valence-corrected chi connectivity index (χ0v) is 16.8. The Bertz CT molecular complexity index is 1240. The molecule has 2 heteroatoms. The number of fused-ring (bicyclic) bond motifs is 1. The summed E-state index contributed by atoms with van der Waals surface area (Å²) < 4.78 is 0. The van der Waals surface area contributed by atoms with Crippen molar-refractivity contribution in [2.24, 2.45) is 0 Å². The predicted molar refractivity (Wildman–Crippen MR) is 128 cm³/mol. The maximum atomic E-state index is 3.47. The van der Waals surface area contributed by atoms with Crippen molar-refractivity contribution in [1.29, 1.82) is 0 Å². The van der Waals surface area contributed by atoms with E-state index < -0.39 is 0 Å². The molecule has 0 unspecified atom stereocenters. The minimum absolute atomic E-state index is 1.02. The van der Waals surface area contributed by atoms with E-state index in [-0.39, 0.29) is 0 Å². The Kier molecular flexibility index (Phi) is 5.05. The van der Waals surface area contributed by atoms with Crippen LogP contribution in [0, 0.1) is 0 Å². The van der Waals surface area contributed by atoms with Crippen LogP contribution in [0.2, 0.25) is 0 Å². The first-order chi connectivity index (χ1) is 14.9. The highest BCUT2D eigenvalue weighted by Gasteiger charge is 2.17. The summed E-state index contributed by atoms with van der Waals surface area (Å²) in [4.78, 5) is 2.40. The molecule has 1 aliphatic rings. The SMILES string of the molecule is C1=c2ccccc2=C(N(c2ccccc2)c2ccc(Nc3ccccc3)cc2)CC1. The Hall–Kier alpha value is -3.78. The van der Waals surface area contributed by atoms with E-state index in [2.05, 4.69) is 107 Å². The Morgan fingerprint density at radius 2 is 1.17 bits per heavy atom. The molecule has 5 rings (SSSR count). The highest BCUT2D eigenvalue weighted by molar-refractivity contribution is 5.82. The lowest BCUT2D eigenvalue weighted by atomic mass is 10.0. The summed E-state index contributed by atoms with van der Waals surface area (Å²) in [5.41, 5.74) is 5.89. The number of para-hydroxylation sites is 2. The van der Waals surface area contributed by atoms with Gasteiger partial charge in [0.15, 0.2) is 0 Å². The smallest absolute Gasteiger partial charge is 0.0460 e. The molecular formula is C28H24N2.